The highest BCUT2D eigenvalue weighted by Crippen LogP contribution is 2.13. The Bertz CT molecular complexity index is 1450. The van der Waals surface area contributed by atoms with E-state index in [1.165, 1.54) is 0 Å². The minimum Gasteiger partial charge on any atom is -0.658 e. The van der Waals surface area contributed by atoms with Gasteiger partial charge in [0.2, 0.25) is 0 Å². The van der Waals surface area contributed by atoms with Crippen molar-refractivity contribution < 1.29 is 0 Å². The molecule has 1 atom stereocenters. The summed E-state index contributed by atoms with van der Waals surface area (Å²) < 4.78 is 6.51. The number of aliphatic imine (C=N–C) groups is 1. The molecule has 6 bridgehead atoms. The number of aromatic nitrogens is 4. The van der Waals surface area contributed by atoms with Crippen LogP contribution in [0, 0.1) is 0 Å². The van der Waals surface area contributed by atoms with Crippen molar-refractivity contribution in [3.63, 3.8) is 0 Å². The highest BCUT2D eigenvalue weighted by atomic mass is 127. The van der Waals surface area contributed by atoms with Gasteiger partial charge < -0.3 is 4.98 Å². The van der Waals surface area contributed by atoms with Crippen LogP contribution < -0.4 is 15.7 Å². The van der Waals surface area contributed by atoms with Gasteiger partial charge in [-0.3, -0.25) is 4.99 Å². The van der Waals surface area contributed by atoms with Crippen molar-refractivity contribution in [3.8, 4) is 0 Å². The van der Waals surface area contributed by atoms with E-state index in [1.54, 1.807) is 0 Å². The monoisotopic (exact) mass is 450 g/mol. The molecule has 5 nitrogen and oxygen atoms in total. The molecule has 0 saturated carbocycles. The van der Waals surface area contributed by atoms with E-state index in [-0.39, 0.29) is 6.04 Å². The zero-order valence-electron chi connectivity index (χ0n) is 13.6. The van der Waals surface area contributed by atoms with Crippen molar-refractivity contribution in [2.75, 3.05) is 0 Å². The maximum Gasteiger partial charge on any atom is 0.107 e. The fraction of sp³-hybridized carbons (Fsp3) is 0.0500. The van der Waals surface area contributed by atoms with Crippen LogP contribution in [0.4, 0.5) is 0 Å². The van der Waals surface area contributed by atoms with Crippen molar-refractivity contribution in [3.05, 3.63) is 71.4 Å². The highest BCUT2D eigenvalue weighted by Gasteiger charge is 2.10. The van der Waals surface area contributed by atoms with Gasteiger partial charge in [0.05, 0.1) is 33.5 Å². The maximum absolute atomic E-state index is 4.80. The Morgan fingerprint density at radius 2 is 1.58 bits per heavy atom. The maximum atomic E-state index is 4.80. The van der Waals surface area contributed by atoms with Crippen molar-refractivity contribution in [1.29, 1.82) is 0 Å². The number of nitrogens with zero attached hydrogens (tertiary/aromatic N) is 5. The van der Waals surface area contributed by atoms with Crippen LogP contribution in [0.5, 0.6) is 0 Å². The fourth-order valence-corrected chi connectivity index (χ4v) is 4.66. The van der Waals surface area contributed by atoms with E-state index in [1.807, 2.05) is 0 Å². The summed E-state index contributed by atoms with van der Waals surface area (Å²) in [5.41, 5.74) is 5.07. The lowest BCUT2D eigenvalue weighted by Crippen LogP contribution is -2.25. The molecule has 0 radical (unpaired) electrons. The molecule has 2 aliphatic rings. The van der Waals surface area contributed by atoms with Crippen LogP contribution in [-0.2, 0) is 0 Å². The fourth-order valence-electron chi connectivity index (χ4n) is 3.66. The Kier molecular flexibility index (Phi) is 2.85. The molecule has 4 aromatic rings. The molecule has 0 spiro atoms. The third-order valence-corrected chi connectivity index (χ3v) is 5.70. The van der Waals surface area contributed by atoms with E-state index < -0.39 is 0 Å². The molecule has 1 unspecified atom stereocenters. The number of allylic oxidation sites excluding steroid dienone is 1. The van der Waals surface area contributed by atoms with E-state index >= 15 is 0 Å². The summed E-state index contributed by atoms with van der Waals surface area (Å²) in [5.74, 6) is 0. The van der Waals surface area contributed by atoms with Crippen molar-refractivity contribution in [2.45, 2.75) is 6.04 Å². The zero-order chi connectivity index (χ0) is 17.3. The van der Waals surface area contributed by atoms with E-state index in [0.717, 1.165) is 38.5 Å². The van der Waals surface area contributed by atoms with Gasteiger partial charge in [-0.1, -0.05) is 30.3 Å². The van der Waals surface area contributed by atoms with Crippen LogP contribution in [0.25, 0.3) is 34.2 Å². The topological polar surface area (TPSA) is 40.2 Å². The second kappa shape index (κ2) is 5.14. The first-order valence-corrected chi connectivity index (χ1v) is 9.40. The van der Waals surface area contributed by atoms with Gasteiger partial charge in [-0.25, -0.2) is 9.03 Å². The van der Waals surface area contributed by atoms with Gasteiger partial charge >= 0.3 is 0 Å². The van der Waals surface area contributed by atoms with Gasteiger partial charge in [0.15, 0.2) is 0 Å². The smallest absolute Gasteiger partial charge is 0.107 e. The standard InChI is InChI=1S/C20H13IN5/c21-26-24-17-5-6-19(24)11-15-3-4-16(23-15)12-20-8-7-18(25(20)26)10-14-2-1-13(9-17)22-14/h1-13H/q-1/b17-9-,18-10-,19-11?,20-12?. The molecule has 6 rings (SSSR count). The number of hydrogen-bond donors (Lipinski definition) is 0. The van der Waals surface area contributed by atoms with Gasteiger partial charge in [-0.15, -0.1) is 11.0 Å². The summed E-state index contributed by atoms with van der Waals surface area (Å²) in [4.78, 5) is 9.53. The second-order valence-corrected chi connectivity index (χ2v) is 7.39. The minimum absolute atomic E-state index is 0.0663. The first kappa shape index (κ1) is 14.4. The van der Waals surface area contributed by atoms with E-state index in [4.69, 9.17) is 9.98 Å². The molecule has 4 aromatic heterocycles. The summed E-state index contributed by atoms with van der Waals surface area (Å²) >= 11 is 2.36. The van der Waals surface area contributed by atoms with Crippen LogP contribution >= 0.6 is 22.9 Å². The number of fused-ring (bicyclic) bond motifs is 3. The van der Waals surface area contributed by atoms with Crippen molar-refractivity contribution in [2.24, 2.45) is 4.99 Å². The number of hydrogen-bond acceptors (Lipinski definition) is 1. The van der Waals surface area contributed by atoms with Gasteiger partial charge in [0.25, 0.3) is 0 Å². The first-order chi connectivity index (χ1) is 12.7. The molecular formula is C20H13IN5-. The number of rotatable bonds is 0. The Balaban J connectivity index is 2.01. The van der Waals surface area contributed by atoms with Crippen LogP contribution in [0.15, 0.2) is 65.7 Å². The van der Waals surface area contributed by atoms with Crippen LogP contribution in [0.2, 0.25) is 0 Å². The summed E-state index contributed by atoms with van der Waals surface area (Å²) in [7, 11) is 0. The molecule has 0 fully saturated rings. The van der Waals surface area contributed by atoms with Crippen molar-refractivity contribution >= 4 is 62.8 Å². The predicted molar refractivity (Wildman–Crippen MR) is 113 cm³/mol. The van der Waals surface area contributed by atoms with Gasteiger partial charge in [0.1, 0.15) is 22.9 Å². The Morgan fingerprint density at radius 1 is 0.885 bits per heavy atom. The third-order valence-electron chi connectivity index (χ3n) is 4.83. The van der Waals surface area contributed by atoms with Gasteiger partial charge in [-0.2, -0.15) is 3.01 Å². The molecule has 26 heavy (non-hydrogen) atoms. The lowest BCUT2D eigenvalue weighted by Gasteiger charge is -2.09. The van der Waals surface area contributed by atoms with E-state index in [0.29, 0.717) is 0 Å². The van der Waals surface area contributed by atoms with Gasteiger partial charge in [-0.05, 0) is 42.5 Å². The Labute approximate surface area is 162 Å². The summed E-state index contributed by atoms with van der Waals surface area (Å²) in [6.07, 6.45) is 8.54. The minimum atomic E-state index is 0.0663. The quantitative estimate of drug-likeness (QED) is 0.380. The van der Waals surface area contributed by atoms with Crippen LogP contribution in [-0.4, -0.2) is 23.8 Å². The first-order valence-electron chi connectivity index (χ1n) is 8.43. The molecule has 2 aliphatic heterocycles. The van der Waals surface area contributed by atoms with Crippen LogP contribution in [0.3, 0.4) is 0 Å². The summed E-state index contributed by atoms with van der Waals surface area (Å²) in [6.45, 7) is 0. The molecule has 0 saturated heterocycles. The largest absolute Gasteiger partial charge is 0.658 e. The Morgan fingerprint density at radius 3 is 2.35 bits per heavy atom. The second-order valence-electron chi connectivity index (χ2n) is 6.53. The third kappa shape index (κ3) is 2.05. The average Bonchev–Trinajstić information content (AvgIpc) is 3.38. The predicted octanol–water partition coefficient (Wildman–Crippen LogP) is 2.38. The lowest BCUT2D eigenvalue weighted by atomic mass is 10.3. The molecule has 6 heterocycles. The van der Waals surface area contributed by atoms with E-state index in [9.17, 15) is 0 Å². The highest BCUT2D eigenvalue weighted by molar-refractivity contribution is 14.1. The lowest BCUT2D eigenvalue weighted by molar-refractivity contribution is 0.718. The van der Waals surface area contributed by atoms with Gasteiger partial charge in [0, 0.05) is 0 Å². The molecule has 0 aromatic carbocycles. The Hall–Kier alpha value is -2.74. The zero-order valence-corrected chi connectivity index (χ0v) is 15.8. The molecule has 0 aliphatic carbocycles. The summed E-state index contributed by atoms with van der Waals surface area (Å²) in [5, 5.41) is 2.18. The SMILES string of the molecule is In1n2/c3ccc2cc2ccc(cc4cc/c(n41)=C/C1C=CC(=N1)/C=3)[n-]2. The molecule has 0 amide bonds. The van der Waals surface area contributed by atoms with Crippen molar-refractivity contribution in [1.82, 2.24) is 17.0 Å². The molecule has 6 heteroatoms. The average molecular weight is 450 g/mol. The summed E-state index contributed by atoms with van der Waals surface area (Å²) in [6, 6.07) is 16.9. The molecule has 126 valence electrons. The molecular weight excluding hydrogens is 437 g/mol. The normalized spacial score (nSPS) is 20.3. The van der Waals surface area contributed by atoms with Crippen LogP contribution in [0.1, 0.15) is 0 Å². The van der Waals surface area contributed by atoms with E-state index in [2.05, 4.69) is 108 Å². The molecule has 0 N–H and O–H groups in total. The number of halogens is 1.